The number of nitrogens with one attached hydrogen (secondary N) is 1. The van der Waals surface area contributed by atoms with Gasteiger partial charge < -0.3 is 5.73 Å². The van der Waals surface area contributed by atoms with Gasteiger partial charge in [-0.05, 0) is 0 Å². The smallest absolute Gasteiger partial charge is 0 e. The Morgan fingerprint density at radius 1 is 1.00 bits per heavy atom. The first kappa shape index (κ1) is 12.4. The van der Waals surface area contributed by atoms with Crippen molar-refractivity contribution in [2.24, 2.45) is 0 Å². The van der Waals surface area contributed by atoms with Crippen LogP contribution in [0.3, 0.4) is 0 Å². The Morgan fingerprint density at radius 3 is 1.22 bits per heavy atom. The zero-order valence-corrected chi connectivity index (χ0v) is 9.78. The van der Waals surface area contributed by atoms with Crippen molar-refractivity contribution in [3.8, 4) is 0 Å². The molecule has 1 radical (unpaired) electrons. The van der Waals surface area contributed by atoms with Crippen LogP contribution in [0.4, 0.5) is 0 Å². The van der Waals surface area contributed by atoms with Crippen LogP contribution in [0.2, 0.25) is 0 Å². The predicted molar refractivity (Wildman–Crippen MR) is 37.9 cm³/mol. The fourth-order valence-corrected chi connectivity index (χ4v) is 0.750. The van der Waals surface area contributed by atoms with Crippen LogP contribution in [0.5, 0.6) is 0 Å². The molecule has 0 heterocycles. The van der Waals surface area contributed by atoms with Gasteiger partial charge in [-0.25, -0.2) is 0 Å². The van der Waals surface area contributed by atoms with Gasteiger partial charge >= 0.3 is 0 Å². The van der Waals surface area contributed by atoms with E-state index >= 15 is 0 Å². The molecule has 0 bridgehead atoms. The van der Waals surface area contributed by atoms with Crippen LogP contribution in [-0.2, 0) is 22.4 Å². The zero-order chi connectivity index (χ0) is 6.62. The molecule has 2 heteroatoms. The summed E-state index contributed by atoms with van der Waals surface area (Å²) in [7, 11) is 0. The van der Waals surface area contributed by atoms with E-state index < -0.39 is 0 Å². The summed E-state index contributed by atoms with van der Waals surface area (Å²) in [4.78, 5) is 0. The minimum absolute atomic E-state index is 0. The molecule has 0 aliphatic rings. The minimum atomic E-state index is -0.125. The molecular weight excluding hydrogens is 279 g/mol. The number of hydrogen-bond acceptors (Lipinski definition) is 0. The molecule has 0 aromatic heterocycles. The van der Waals surface area contributed by atoms with Gasteiger partial charge in [0.05, 0.1) is 0 Å². The van der Waals surface area contributed by atoms with Crippen LogP contribution >= 0.6 is 0 Å². The van der Waals surface area contributed by atoms with Crippen LogP contribution in [0.25, 0.3) is 5.73 Å². The molecule has 0 unspecified atom stereocenters. The summed E-state index contributed by atoms with van der Waals surface area (Å²) >= 11 is 0. The first-order chi connectivity index (χ1) is 3.68. The third kappa shape index (κ3) is 4.15. The number of rotatable bonds is 3. The van der Waals surface area contributed by atoms with E-state index in [4.69, 9.17) is 5.73 Å². The average molecular weight is 295 g/mol. The molecule has 0 fully saturated rings. The standard InChI is InChI=1S/C7H16N.Ta/c1-4-7(8,5-2)6-3;/h8H,4-6H2,1-3H3;/q-1;. The first-order valence-corrected chi connectivity index (χ1v) is 3.43. The first-order valence-electron chi connectivity index (χ1n) is 3.43. The van der Waals surface area contributed by atoms with E-state index in [0.29, 0.717) is 0 Å². The maximum atomic E-state index is 7.67. The van der Waals surface area contributed by atoms with E-state index in [2.05, 4.69) is 20.8 Å². The quantitative estimate of drug-likeness (QED) is 0.764. The van der Waals surface area contributed by atoms with Gasteiger partial charge in [0.1, 0.15) is 0 Å². The van der Waals surface area contributed by atoms with Crippen LogP contribution in [-0.4, -0.2) is 5.54 Å². The Kier molecular flexibility index (Phi) is 7.54. The van der Waals surface area contributed by atoms with E-state index in [1.54, 1.807) is 0 Å². The third-order valence-electron chi connectivity index (χ3n) is 2.03. The fourth-order valence-electron chi connectivity index (χ4n) is 0.750. The Morgan fingerprint density at radius 2 is 1.22 bits per heavy atom. The van der Waals surface area contributed by atoms with Gasteiger partial charge in [-0.2, -0.15) is 0 Å². The largest absolute Gasteiger partial charge is 0.672 e. The molecule has 0 aromatic carbocycles. The van der Waals surface area contributed by atoms with E-state index in [-0.39, 0.29) is 27.9 Å². The topological polar surface area (TPSA) is 23.8 Å². The second-order valence-corrected chi connectivity index (χ2v) is 2.34. The molecule has 0 aliphatic heterocycles. The summed E-state index contributed by atoms with van der Waals surface area (Å²) in [5.74, 6) is 0. The van der Waals surface area contributed by atoms with Crippen molar-refractivity contribution in [1.29, 1.82) is 0 Å². The van der Waals surface area contributed by atoms with Crippen molar-refractivity contribution in [3.05, 3.63) is 5.73 Å². The summed E-state index contributed by atoms with van der Waals surface area (Å²) in [6, 6.07) is 0. The summed E-state index contributed by atoms with van der Waals surface area (Å²) in [5, 5.41) is 0. The molecule has 0 aromatic rings. The van der Waals surface area contributed by atoms with Crippen molar-refractivity contribution >= 4 is 0 Å². The molecule has 0 rings (SSSR count). The maximum Gasteiger partial charge on any atom is 0 e. The molecule has 1 nitrogen and oxygen atoms in total. The summed E-state index contributed by atoms with van der Waals surface area (Å²) in [6.45, 7) is 6.25. The van der Waals surface area contributed by atoms with Gasteiger partial charge in [-0.3, -0.25) is 0 Å². The normalized spacial score (nSPS) is 10.7. The zero-order valence-electron chi connectivity index (χ0n) is 6.57. The fraction of sp³-hybridized carbons (Fsp3) is 1.00. The molecule has 0 saturated heterocycles. The Bertz CT molecular complexity index is 51.7. The Labute approximate surface area is 73.9 Å². The molecular formula is C7H16NTa-. The van der Waals surface area contributed by atoms with Crippen LogP contribution in [0.1, 0.15) is 40.0 Å². The van der Waals surface area contributed by atoms with Crippen LogP contribution in [0, 0.1) is 0 Å². The Hall–Kier alpha value is 0.700. The number of hydrogen-bond donors (Lipinski definition) is 0. The Balaban J connectivity index is 0. The van der Waals surface area contributed by atoms with Crippen LogP contribution in [0.15, 0.2) is 0 Å². The van der Waals surface area contributed by atoms with Crippen molar-refractivity contribution in [3.63, 3.8) is 0 Å². The predicted octanol–water partition coefficient (Wildman–Crippen LogP) is 3.00. The summed E-state index contributed by atoms with van der Waals surface area (Å²) in [6.07, 6.45) is 2.96. The molecule has 9 heavy (non-hydrogen) atoms. The average Bonchev–Trinajstić information content (AvgIpc) is 1.87. The van der Waals surface area contributed by atoms with Gasteiger partial charge in [0.15, 0.2) is 0 Å². The molecule has 55 valence electrons. The van der Waals surface area contributed by atoms with E-state index in [0.717, 1.165) is 19.3 Å². The van der Waals surface area contributed by atoms with Gasteiger partial charge in [0.2, 0.25) is 0 Å². The van der Waals surface area contributed by atoms with Gasteiger partial charge in [0, 0.05) is 22.4 Å². The summed E-state index contributed by atoms with van der Waals surface area (Å²) in [5.41, 5.74) is 7.54. The van der Waals surface area contributed by atoms with Crippen molar-refractivity contribution in [2.45, 2.75) is 45.6 Å². The van der Waals surface area contributed by atoms with Crippen molar-refractivity contribution in [2.75, 3.05) is 0 Å². The second kappa shape index (κ2) is 5.48. The van der Waals surface area contributed by atoms with Gasteiger partial charge in [0.25, 0.3) is 0 Å². The van der Waals surface area contributed by atoms with E-state index in [1.165, 1.54) is 0 Å². The van der Waals surface area contributed by atoms with Crippen molar-refractivity contribution < 1.29 is 22.4 Å². The van der Waals surface area contributed by atoms with Crippen LogP contribution < -0.4 is 0 Å². The second-order valence-electron chi connectivity index (χ2n) is 2.34. The van der Waals surface area contributed by atoms with Crippen molar-refractivity contribution in [1.82, 2.24) is 0 Å². The van der Waals surface area contributed by atoms with Gasteiger partial charge in [-0.1, -0.05) is 40.0 Å². The third-order valence-corrected chi connectivity index (χ3v) is 2.03. The minimum Gasteiger partial charge on any atom is -0.672 e. The van der Waals surface area contributed by atoms with E-state index in [9.17, 15) is 0 Å². The van der Waals surface area contributed by atoms with E-state index in [1.807, 2.05) is 0 Å². The monoisotopic (exact) mass is 295 g/mol. The summed E-state index contributed by atoms with van der Waals surface area (Å²) < 4.78 is 0. The molecule has 0 amide bonds. The molecule has 1 N–H and O–H groups in total. The molecule has 0 spiro atoms. The van der Waals surface area contributed by atoms with Gasteiger partial charge in [-0.15, -0.1) is 5.54 Å². The maximum absolute atomic E-state index is 7.67. The SMILES string of the molecule is CCC([NH-])(CC)CC.[Ta]. The molecule has 0 aliphatic carbocycles. The molecule has 0 atom stereocenters. The molecule has 0 saturated carbocycles.